The van der Waals surface area contributed by atoms with Gasteiger partial charge in [-0.2, -0.15) is 0 Å². The minimum absolute atomic E-state index is 0.937. The van der Waals surface area contributed by atoms with E-state index in [1.54, 1.807) is 0 Å². The van der Waals surface area contributed by atoms with Crippen molar-refractivity contribution < 1.29 is 0 Å². The first kappa shape index (κ1) is 10.2. The molecule has 0 saturated carbocycles. The summed E-state index contributed by atoms with van der Waals surface area (Å²) in [5.74, 6) is 0. The van der Waals surface area contributed by atoms with E-state index in [1.165, 1.54) is 27.7 Å². The van der Waals surface area contributed by atoms with Crippen LogP contribution in [0.2, 0.25) is 0 Å². The molecular weight excluding hydrogens is 184 g/mol. The van der Waals surface area contributed by atoms with E-state index in [9.17, 15) is 0 Å². The number of aromatic nitrogens is 1. The monoisotopic (exact) mass is 202 g/mol. The predicted molar refractivity (Wildman–Crippen MR) is 65.2 cm³/mol. The second kappa shape index (κ2) is 3.70. The minimum Gasteiger partial charge on any atom is -0.347 e. The molecule has 1 N–H and O–H groups in total. The maximum Gasteiger partial charge on any atom is 0.0512 e. The van der Waals surface area contributed by atoms with Gasteiger partial charge in [0, 0.05) is 24.7 Å². The third-order valence-corrected chi connectivity index (χ3v) is 3.19. The van der Waals surface area contributed by atoms with E-state index in [1.807, 2.05) is 7.05 Å². The van der Waals surface area contributed by atoms with Crippen molar-refractivity contribution in [3.05, 3.63) is 35.0 Å². The van der Waals surface area contributed by atoms with Gasteiger partial charge < -0.3 is 9.88 Å². The van der Waals surface area contributed by atoms with Crippen LogP contribution < -0.4 is 5.32 Å². The van der Waals surface area contributed by atoms with E-state index < -0.39 is 0 Å². The number of fused-ring (bicyclic) bond motifs is 1. The zero-order chi connectivity index (χ0) is 11.0. The van der Waals surface area contributed by atoms with E-state index in [-0.39, 0.29) is 0 Å². The second-order valence-electron chi connectivity index (χ2n) is 4.12. The van der Waals surface area contributed by atoms with Crippen molar-refractivity contribution in [3.63, 3.8) is 0 Å². The highest BCUT2D eigenvalue weighted by molar-refractivity contribution is 5.88. The fraction of sp³-hybridized carbons (Fsp3) is 0.385. The fourth-order valence-electron chi connectivity index (χ4n) is 2.31. The lowest BCUT2D eigenvalue weighted by molar-refractivity contribution is 0.800. The van der Waals surface area contributed by atoms with Crippen LogP contribution in [0.25, 0.3) is 10.9 Å². The van der Waals surface area contributed by atoms with Crippen LogP contribution in [0.15, 0.2) is 18.2 Å². The van der Waals surface area contributed by atoms with Crippen LogP contribution in [0, 0.1) is 13.8 Å². The van der Waals surface area contributed by atoms with Gasteiger partial charge in [0.05, 0.1) is 5.52 Å². The van der Waals surface area contributed by atoms with Crippen LogP contribution in [0.1, 0.15) is 16.8 Å². The Hall–Kier alpha value is -1.28. The normalized spacial score (nSPS) is 11.2. The number of nitrogens with zero attached hydrogens (tertiary/aromatic N) is 1. The first-order valence-corrected chi connectivity index (χ1v) is 5.35. The summed E-state index contributed by atoms with van der Waals surface area (Å²) in [4.78, 5) is 0. The smallest absolute Gasteiger partial charge is 0.0512 e. The molecule has 0 spiro atoms. The summed E-state index contributed by atoms with van der Waals surface area (Å²) in [5.41, 5.74) is 5.48. The van der Waals surface area contributed by atoms with E-state index >= 15 is 0 Å². The molecule has 1 aromatic heterocycles. The Labute approximate surface area is 90.9 Å². The molecular formula is C13H18N2. The molecule has 0 aliphatic rings. The van der Waals surface area contributed by atoms with Crippen molar-refractivity contribution in [2.45, 2.75) is 20.4 Å². The zero-order valence-corrected chi connectivity index (χ0v) is 9.89. The summed E-state index contributed by atoms with van der Waals surface area (Å²) >= 11 is 0. The van der Waals surface area contributed by atoms with Gasteiger partial charge in [-0.15, -0.1) is 0 Å². The molecule has 0 fully saturated rings. The Morgan fingerprint density at radius 1 is 1.27 bits per heavy atom. The zero-order valence-electron chi connectivity index (χ0n) is 9.89. The maximum atomic E-state index is 3.24. The third-order valence-electron chi connectivity index (χ3n) is 3.19. The molecule has 0 aliphatic carbocycles. The van der Waals surface area contributed by atoms with E-state index in [0.29, 0.717) is 0 Å². The molecule has 1 heterocycles. The van der Waals surface area contributed by atoms with Crippen LogP contribution >= 0.6 is 0 Å². The average Bonchev–Trinajstić information content (AvgIpc) is 2.45. The summed E-state index contributed by atoms with van der Waals surface area (Å²) in [5, 5.41) is 4.62. The predicted octanol–water partition coefficient (Wildman–Crippen LogP) is 2.51. The second-order valence-corrected chi connectivity index (χ2v) is 4.12. The number of para-hydroxylation sites is 1. The molecule has 0 aliphatic heterocycles. The molecule has 1 aromatic carbocycles. The Morgan fingerprint density at radius 3 is 2.67 bits per heavy atom. The van der Waals surface area contributed by atoms with Crippen molar-refractivity contribution in [2.24, 2.45) is 7.05 Å². The van der Waals surface area contributed by atoms with Gasteiger partial charge >= 0.3 is 0 Å². The van der Waals surface area contributed by atoms with Gasteiger partial charge in [0.2, 0.25) is 0 Å². The van der Waals surface area contributed by atoms with Gasteiger partial charge in [-0.3, -0.25) is 0 Å². The van der Waals surface area contributed by atoms with Crippen molar-refractivity contribution in [3.8, 4) is 0 Å². The van der Waals surface area contributed by atoms with Gasteiger partial charge in [-0.25, -0.2) is 0 Å². The van der Waals surface area contributed by atoms with Crippen LogP contribution in [0.4, 0.5) is 0 Å². The highest BCUT2D eigenvalue weighted by Gasteiger charge is 2.11. The van der Waals surface area contributed by atoms with Gasteiger partial charge in [0.1, 0.15) is 0 Å². The number of hydrogen-bond acceptors (Lipinski definition) is 1. The van der Waals surface area contributed by atoms with Gasteiger partial charge in [0.25, 0.3) is 0 Å². The van der Waals surface area contributed by atoms with Crippen LogP contribution in [-0.4, -0.2) is 11.6 Å². The summed E-state index contributed by atoms with van der Waals surface area (Å²) in [7, 11) is 4.14. The van der Waals surface area contributed by atoms with Crippen molar-refractivity contribution in [1.29, 1.82) is 0 Å². The van der Waals surface area contributed by atoms with Crippen LogP contribution in [0.5, 0.6) is 0 Å². The largest absolute Gasteiger partial charge is 0.347 e. The lowest BCUT2D eigenvalue weighted by Gasteiger charge is -2.01. The Bertz CT molecular complexity index is 495. The van der Waals surface area contributed by atoms with Crippen molar-refractivity contribution in [1.82, 2.24) is 9.88 Å². The molecule has 2 nitrogen and oxygen atoms in total. The molecule has 0 saturated heterocycles. The summed E-state index contributed by atoms with van der Waals surface area (Å²) in [6.07, 6.45) is 0. The molecule has 0 amide bonds. The molecule has 2 heteroatoms. The third kappa shape index (κ3) is 1.45. The SMILES string of the molecule is CNCc1c(C)n(C)c2c(C)cccc12. The maximum absolute atomic E-state index is 3.24. The number of rotatable bonds is 2. The van der Waals surface area contributed by atoms with Crippen LogP contribution in [-0.2, 0) is 13.6 Å². The number of aryl methyl sites for hydroxylation is 2. The summed E-state index contributed by atoms with van der Waals surface area (Å²) < 4.78 is 2.29. The van der Waals surface area contributed by atoms with Crippen molar-refractivity contribution >= 4 is 10.9 Å². The van der Waals surface area contributed by atoms with Gasteiger partial charge in [-0.1, -0.05) is 18.2 Å². The molecule has 0 bridgehead atoms. The first-order chi connectivity index (χ1) is 7.16. The molecule has 2 rings (SSSR count). The van der Waals surface area contributed by atoms with Gasteiger partial charge in [0.15, 0.2) is 0 Å². The van der Waals surface area contributed by atoms with E-state index in [2.05, 4.69) is 49.0 Å². The van der Waals surface area contributed by atoms with E-state index in [0.717, 1.165) is 6.54 Å². The highest BCUT2D eigenvalue weighted by Crippen LogP contribution is 2.27. The standard InChI is InChI=1S/C13H18N2/c1-9-6-5-7-11-12(8-14-3)10(2)15(4)13(9)11/h5-7,14H,8H2,1-4H3. The summed E-state index contributed by atoms with van der Waals surface area (Å²) in [6, 6.07) is 6.52. The first-order valence-electron chi connectivity index (χ1n) is 5.35. The van der Waals surface area contributed by atoms with Gasteiger partial charge in [-0.05, 0) is 32.0 Å². The molecule has 0 radical (unpaired) electrons. The Balaban J connectivity index is 2.81. The number of benzene rings is 1. The van der Waals surface area contributed by atoms with Crippen molar-refractivity contribution in [2.75, 3.05) is 7.05 Å². The Kier molecular flexibility index (Phi) is 2.53. The number of hydrogen-bond donors (Lipinski definition) is 1. The minimum atomic E-state index is 0.937. The number of nitrogens with one attached hydrogen (secondary N) is 1. The molecule has 0 unspecified atom stereocenters. The lowest BCUT2D eigenvalue weighted by Crippen LogP contribution is -2.06. The fourth-order valence-corrected chi connectivity index (χ4v) is 2.31. The lowest BCUT2D eigenvalue weighted by atomic mass is 10.1. The highest BCUT2D eigenvalue weighted by atomic mass is 15.0. The Morgan fingerprint density at radius 2 is 2.00 bits per heavy atom. The molecule has 0 atom stereocenters. The topological polar surface area (TPSA) is 17.0 Å². The average molecular weight is 202 g/mol. The van der Waals surface area contributed by atoms with E-state index in [4.69, 9.17) is 0 Å². The molecule has 15 heavy (non-hydrogen) atoms. The molecule has 80 valence electrons. The molecule has 2 aromatic rings. The quantitative estimate of drug-likeness (QED) is 0.791. The summed E-state index contributed by atoms with van der Waals surface area (Å²) in [6.45, 7) is 5.30. The van der Waals surface area contributed by atoms with Crippen LogP contribution in [0.3, 0.4) is 0 Å².